The fourth-order valence-electron chi connectivity index (χ4n) is 1.19. The lowest BCUT2D eigenvalue weighted by atomic mass is 10.2. The van der Waals surface area contributed by atoms with E-state index in [1.54, 1.807) is 6.07 Å². The minimum atomic E-state index is -0.475. The van der Waals surface area contributed by atoms with Gasteiger partial charge in [0, 0.05) is 6.07 Å². The van der Waals surface area contributed by atoms with Crippen molar-refractivity contribution in [1.82, 2.24) is 10.2 Å². The highest BCUT2D eigenvalue weighted by atomic mass is 79.9. The summed E-state index contributed by atoms with van der Waals surface area (Å²) in [4.78, 5) is 11.7. The second-order valence-corrected chi connectivity index (χ2v) is 3.82. The first kappa shape index (κ1) is 10.8. The van der Waals surface area contributed by atoms with Gasteiger partial charge in [-0.25, -0.2) is 4.39 Å². The lowest BCUT2D eigenvalue weighted by molar-refractivity contribution is 0.102. The van der Waals surface area contributed by atoms with Crippen molar-refractivity contribution >= 4 is 27.7 Å². The third-order valence-corrected chi connectivity index (χ3v) is 2.75. The van der Waals surface area contributed by atoms with Crippen LogP contribution in [0.25, 0.3) is 0 Å². The number of rotatable bonds is 2. The van der Waals surface area contributed by atoms with Crippen LogP contribution in [0.15, 0.2) is 34.9 Å². The maximum Gasteiger partial charge on any atom is 0.258 e. The molecule has 1 heterocycles. The lowest BCUT2D eigenvalue weighted by Gasteiger charge is -2.04. The summed E-state index contributed by atoms with van der Waals surface area (Å²) in [6, 6.07) is 5.88. The number of benzene rings is 1. The van der Waals surface area contributed by atoms with Gasteiger partial charge in [-0.1, -0.05) is 6.07 Å². The highest BCUT2D eigenvalue weighted by Gasteiger charge is 2.13. The van der Waals surface area contributed by atoms with Crippen molar-refractivity contribution in [3.8, 4) is 0 Å². The summed E-state index contributed by atoms with van der Waals surface area (Å²) < 4.78 is 13.3. The lowest BCUT2D eigenvalue weighted by Crippen LogP contribution is -2.13. The zero-order chi connectivity index (χ0) is 11.5. The Bertz CT molecular complexity index is 513. The van der Waals surface area contributed by atoms with E-state index in [1.807, 2.05) is 0 Å². The monoisotopic (exact) mass is 283 g/mol. The minimum absolute atomic E-state index is 0.145. The molecule has 2 aromatic rings. The van der Waals surface area contributed by atoms with Crippen molar-refractivity contribution in [3.63, 3.8) is 0 Å². The van der Waals surface area contributed by atoms with Crippen LogP contribution in [0.1, 0.15) is 10.4 Å². The molecule has 2 rings (SSSR count). The van der Waals surface area contributed by atoms with E-state index in [4.69, 9.17) is 0 Å². The molecule has 0 aliphatic heterocycles. The van der Waals surface area contributed by atoms with E-state index in [0.717, 1.165) is 0 Å². The van der Waals surface area contributed by atoms with Gasteiger partial charge in [0.05, 0.1) is 16.2 Å². The Morgan fingerprint density at radius 2 is 2.25 bits per heavy atom. The number of H-pyrrole nitrogens is 1. The molecule has 16 heavy (non-hydrogen) atoms. The average molecular weight is 284 g/mol. The summed E-state index contributed by atoms with van der Waals surface area (Å²) in [6.45, 7) is 0. The number of anilines is 1. The van der Waals surface area contributed by atoms with Crippen LogP contribution in [0.2, 0.25) is 0 Å². The van der Waals surface area contributed by atoms with Crippen LogP contribution in [0.3, 0.4) is 0 Å². The molecule has 1 aromatic carbocycles. The van der Waals surface area contributed by atoms with Crippen molar-refractivity contribution < 1.29 is 9.18 Å². The molecule has 0 saturated heterocycles. The molecule has 0 aliphatic rings. The molecule has 0 fully saturated rings. The quantitative estimate of drug-likeness (QED) is 0.890. The molecule has 0 bridgehead atoms. The maximum absolute atomic E-state index is 13.2. The summed E-state index contributed by atoms with van der Waals surface area (Å²) in [5.74, 6) is -0.422. The van der Waals surface area contributed by atoms with Crippen LogP contribution in [-0.4, -0.2) is 16.1 Å². The standard InChI is InChI=1S/C10H7BrFN3O/c11-9-6(2-1-3-7(9)12)10(16)14-8-4-5-13-15-8/h1-5H,(H2,13,14,15,16). The molecule has 0 radical (unpaired) electrons. The second kappa shape index (κ2) is 4.44. The number of aromatic amines is 1. The number of carbonyl (C=O) groups is 1. The van der Waals surface area contributed by atoms with Crippen LogP contribution < -0.4 is 5.32 Å². The van der Waals surface area contributed by atoms with Gasteiger partial charge in [-0.15, -0.1) is 0 Å². The van der Waals surface area contributed by atoms with Crippen molar-refractivity contribution in [3.05, 3.63) is 46.3 Å². The fourth-order valence-corrected chi connectivity index (χ4v) is 1.64. The van der Waals surface area contributed by atoms with Gasteiger partial charge in [0.1, 0.15) is 11.6 Å². The third-order valence-electron chi connectivity index (χ3n) is 1.95. The van der Waals surface area contributed by atoms with Crippen LogP contribution >= 0.6 is 15.9 Å². The van der Waals surface area contributed by atoms with Crippen LogP contribution in [0, 0.1) is 5.82 Å². The van der Waals surface area contributed by atoms with Gasteiger partial charge in [-0.05, 0) is 28.1 Å². The van der Waals surface area contributed by atoms with E-state index in [-0.39, 0.29) is 10.0 Å². The van der Waals surface area contributed by atoms with E-state index >= 15 is 0 Å². The summed E-state index contributed by atoms with van der Waals surface area (Å²) in [7, 11) is 0. The van der Waals surface area contributed by atoms with E-state index in [1.165, 1.54) is 24.4 Å². The van der Waals surface area contributed by atoms with Crippen molar-refractivity contribution in [2.75, 3.05) is 5.32 Å². The molecule has 0 spiro atoms. The molecule has 0 unspecified atom stereocenters. The summed E-state index contributed by atoms with van der Waals surface area (Å²) in [6.07, 6.45) is 1.51. The highest BCUT2D eigenvalue weighted by Crippen LogP contribution is 2.21. The number of carbonyl (C=O) groups excluding carboxylic acids is 1. The van der Waals surface area contributed by atoms with Crippen molar-refractivity contribution in [2.24, 2.45) is 0 Å². The first-order valence-electron chi connectivity index (χ1n) is 4.43. The third kappa shape index (κ3) is 2.11. The second-order valence-electron chi connectivity index (χ2n) is 3.03. The number of aromatic nitrogens is 2. The molecule has 6 heteroatoms. The first-order valence-corrected chi connectivity index (χ1v) is 5.22. The normalized spacial score (nSPS) is 10.1. The number of nitrogens with zero attached hydrogens (tertiary/aromatic N) is 1. The number of halogens is 2. The van der Waals surface area contributed by atoms with Crippen LogP contribution in [0.5, 0.6) is 0 Å². The summed E-state index contributed by atoms with van der Waals surface area (Å²) in [5, 5.41) is 8.82. The first-order chi connectivity index (χ1) is 7.68. The van der Waals surface area contributed by atoms with Gasteiger partial charge < -0.3 is 5.32 Å². The highest BCUT2D eigenvalue weighted by molar-refractivity contribution is 9.10. The number of nitrogens with one attached hydrogen (secondary N) is 2. The summed E-state index contributed by atoms with van der Waals surface area (Å²) >= 11 is 3.02. The number of hydrogen-bond acceptors (Lipinski definition) is 2. The van der Waals surface area contributed by atoms with E-state index in [9.17, 15) is 9.18 Å². The fraction of sp³-hybridized carbons (Fsp3) is 0. The predicted molar refractivity (Wildman–Crippen MR) is 60.6 cm³/mol. The molecule has 0 saturated carbocycles. The van der Waals surface area contributed by atoms with Crippen molar-refractivity contribution in [1.29, 1.82) is 0 Å². The molecule has 0 aliphatic carbocycles. The van der Waals surface area contributed by atoms with E-state index in [0.29, 0.717) is 5.82 Å². The molecule has 1 amide bonds. The molecule has 0 atom stereocenters. The van der Waals surface area contributed by atoms with Gasteiger partial charge in [0.15, 0.2) is 0 Å². The topological polar surface area (TPSA) is 57.8 Å². The molecule has 4 nitrogen and oxygen atoms in total. The van der Waals surface area contributed by atoms with Gasteiger partial charge in [-0.2, -0.15) is 5.10 Å². The van der Waals surface area contributed by atoms with E-state index < -0.39 is 11.7 Å². The predicted octanol–water partition coefficient (Wildman–Crippen LogP) is 2.56. The van der Waals surface area contributed by atoms with Gasteiger partial charge in [0.2, 0.25) is 0 Å². The van der Waals surface area contributed by atoms with Gasteiger partial charge in [-0.3, -0.25) is 9.89 Å². The van der Waals surface area contributed by atoms with Crippen molar-refractivity contribution in [2.45, 2.75) is 0 Å². The van der Waals surface area contributed by atoms with Crippen LogP contribution in [-0.2, 0) is 0 Å². The van der Waals surface area contributed by atoms with Gasteiger partial charge in [0.25, 0.3) is 5.91 Å². The molecule has 2 N–H and O–H groups in total. The zero-order valence-corrected chi connectivity index (χ0v) is 9.58. The number of hydrogen-bond donors (Lipinski definition) is 2. The SMILES string of the molecule is O=C(Nc1ccn[nH]1)c1cccc(F)c1Br. The Morgan fingerprint density at radius 3 is 2.94 bits per heavy atom. The smallest absolute Gasteiger partial charge is 0.258 e. The van der Waals surface area contributed by atoms with Gasteiger partial charge >= 0.3 is 0 Å². The van der Waals surface area contributed by atoms with E-state index in [2.05, 4.69) is 31.4 Å². The maximum atomic E-state index is 13.2. The Kier molecular flexibility index (Phi) is 3.00. The Hall–Kier alpha value is -1.69. The molecular formula is C10H7BrFN3O. The summed E-state index contributed by atoms with van der Waals surface area (Å²) in [5.41, 5.74) is 0.231. The Morgan fingerprint density at radius 1 is 1.44 bits per heavy atom. The Labute approximate surface area is 99.0 Å². The molecule has 82 valence electrons. The average Bonchev–Trinajstić information content (AvgIpc) is 2.74. The Balaban J connectivity index is 2.24. The zero-order valence-electron chi connectivity index (χ0n) is 8.00. The molecular weight excluding hydrogens is 277 g/mol. The minimum Gasteiger partial charge on any atom is -0.307 e. The largest absolute Gasteiger partial charge is 0.307 e. The number of amides is 1. The van der Waals surface area contributed by atoms with Crippen LogP contribution in [0.4, 0.5) is 10.2 Å². The molecule has 1 aromatic heterocycles.